The zero-order valence-electron chi connectivity index (χ0n) is 50.7. The molecule has 0 N–H and O–H groups in total. The van der Waals surface area contributed by atoms with Crippen LogP contribution in [0.15, 0.2) is 97.2 Å². The van der Waals surface area contributed by atoms with Crippen molar-refractivity contribution in [3.05, 3.63) is 97.2 Å². The van der Waals surface area contributed by atoms with Gasteiger partial charge in [0.05, 0.1) is 0 Å². The largest absolute Gasteiger partial charge is 0.462 e. The van der Waals surface area contributed by atoms with E-state index in [1.807, 2.05) is 0 Å². The molecule has 0 aliphatic rings. The van der Waals surface area contributed by atoms with Crippen molar-refractivity contribution in [1.29, 1.82) is 0 Å². The summed E-state index contributed by atoms with van der Waals surface area (Å²) < 4.78 is 16.9. The molecule has 0 aromatic carbocycles. The summed E-state index contributed by atoms with van der Waals surface area (Å²) in [5, 5.41) is 0. The molecule has 0 spiro atoms. The maximum Gasteiger partial charge on any atom is 0.306 e. The minimum absolute atomic E-state index is 0.0937. The number of unbranched alkanes of at least 4 members (excludes halogenated alkanes) is 32. The molecule has 1 atom stereocenters. The minimum Gasteiger partial charge on any atom is -0.462 e. The Labute approximate surface area is 477 Å². The third-order valence-corrected chi connectivity index (χ3v) is 14.1. The standard InChI is InChI=1S/C71H122O6/c1-4-7-10-13-16-19-22-25-28-30-32-34-35-37-38-40-43-46-49-52-55-58-61-64-70(73)76-67-68(66-75-69(72)63-60-57-54-51-48-45-42-27-24-21-18-15-12-9-6-3)77-71(74)65-62-59-56-53-50-47-44-41-39-36-33-31-29-26-23-20-17-14-11-8-5-2/h7,10,16,19,25,28,31-34,37-38,43,46,52,55,68H,4-6,8-9,11-15,17-18,20-24,26-27,29-30,35-36,39-42,44-45,47-51,53-54,56-67H2,1-3H3/b10-7-,19-16-,28-25-,33-31-,34-32-,38-37-,46-43-,55-52-. The number of hydrogen-bond donors (Lipinski definition) is 0. The summed E-state index contributed by atoms with van der Waals surface area (Å²) in [6.45, 7) is 6.51. The van der Waals surface area contributed by atoms with Crippen molar-refractivity contribution in [2.24, 2.45) is 0 Å². The van der Waals surface area contributed by atoms with Gasteiger partial charge >= 0.3 is 17.9 Å². The van der Waals surface area contributed by atoms with Crippen LogP contribution in [0.1, 0.15) is 316 Å². The van der Waals surface area contributed by atoms with Crippen molar-refractivity contribution in [2.75, 3.05) is 13.2 Å². The van der Waals surface area contributed by atoms with Gasteiger partial charge in [0.2, 0.25) is 0 Å². The molecule has 0 heterocycles. The van der Waals surface area contributed by atoms with Crippen molar-refractivity contribution in [2.45, 2.75) is 322 Å². The summed E-state index contributed by atoms with van der Waals surface area (Å²) >= 11 is 0. The van der Waals surface area contributed by atoms with Gasteiger partial charge in [-0.3, -0.25) is 14.4 Å². The fraction of sp³-hybridized carbons (Fsp3) is 0.732. The molecule has 77 heavy (non-hydrogen) atoms. The van der Waals surface area contributed by atoms with Crippen LogP contribution < -0.4 is 0 Å². The monoisotopic (exact) mass is 1070 g/mol. The number of allylic oxidation sites excluding steroid dienone is 16. The zero-order chi connectivity index (χ0) is 55.7. The Balaban J connectivity index is 4.45. The Morgan fingerprint density at radius 3 is 0.857 bits per heavy atom. The first-order valence-corrected chi connectivity index (χ1v) is 32.7. The van der Waals surface area contributed by atoms with Gasteiger partial charge in [-0.05, 0) is 96.3 Å². The van der Waals surface area contributed by atoms with Gasteiger partial charge in [-0.15, -0.1) is 0 Å². The van der Waals surface area contributed by atoms with Crippen molar-refractivity contribution < 1.29 is 28.6 Å². The van der Waals surface area contributed by atoms with Gasteiger partial charge in [-0.25, -0.2) is 0 Å². The maximum absolute atomic E-state index is 12.9. The predicted molar refractivity (Wildman–Crippen MR) is 334 cm³/mol. The molecule has 0 saturated carbocycles. The molecule has 6 nitrogen and oxygen atoms in total. The summed E-state index contributed by atoms with van der Waals surface area (Å²) in [5.74, 6) is -0.945. The topological polar surface area (TPSA) is 78.9 Å². The quantitative estimate of drug-likeness (QED) is 0.0261. The van der Waals surface area contributed by atoms with Gasteiger partial charge in [0.25, 0.3) is 0 Å². The minimum atomic E-state index is -0.803. The molecule has 0 bridgehead atoms. The lowest BCUT2D eigenvalue weighted by Gasteiger charge is -2.18. The summed E-state index contributed by atoms with van der Waals surface area (Å²) in [6, 6.07) is 0. The SMILES string of the molecule is CC/C=C\C/C=C\C/C=C\C/C=C\C/C=C\C/C=C\C/C=C\CCCC(=O)OCC(COC(=O)CCCCCCCCCCCCCCCCC)OC(=O)CCCCCCCCCCC/C=C\CCCCCCCCCC. The highest BCUT2D eigenvalue weighted by Gasteiger charge is 2.19. The fourth-order valence-corrected chi connectivity index (χ4v) is 9.19. The summed E-state index contributed by atoms with van der Waals surface area (Å²) in [5.41, 5.74) is 0. The van der Waals surface area contributed by atoms with E-state index in [1.54, 1.807) is 0 Å². The maximum atomic E-state index is 12.9. The second-order valence-electron chi connectivity index (χ2n) is 21.6. The Hall–Kier alpha value is -3.67. The van der Waals surface area contributed by atoms with Crippen LogP contribution in [0, 0.1) is 0 Å². The van der Waals surface area contributed by atoms with E-state index in [0.717, 1.165) is 89.9 Å². The smallest absolute Gasteiger partial charge is 0.306 e. The molecule has 0 radical (unpaired) electrons. The molecular formula is C71H122O6. The third kappa shape index (κ3) is 63.0. The predicted octanol–water partition coefficient (Wildman–Crippen LogP) is 22.4. The number of ether oxygens (including phenoxy) is 3. The molecular weight excluding hydrogens is 949 g/mol. The highest BCUT2D eigenvalue weighted by atomic mass is 16.6. The van der Waals surface area contributed by atoms with Crippen molar-refractivity contribution in [1.82, 2.24) is 0 Å². The van der Waals surface area contributed by atoms with Crippen LogP contribution in [0.5, 0.6) is 0 Å². The number of carbonyl (C=O) groups excluding carboxylic acids is 3. The van der Waals surface area contributed by atoms with Gasteiger partial charge in [0.1, 0.15) is 13.2 Å². The second-order valence-corrected chi connectivity index (χ2v) is 21.6. The molecule has 0 rings (SSSR count). The van der Waals surface area contributed by atoms with Crippen LogP contribution in [-0.4, -0.2) is 37.2 Å². The first-order chi connectivity index (χ1) is 38.0. The van der Waals surface area contributed by atoms with E-state index in [9.17, 15) is 14.4 Å². The van der Waals surface area contributed by atoms with E-state index in [1.165, 1.54) is 180 Å². The third-order valence-electron chi connectivity index (χ3n) is 14.1. The van der Waals surface area contributed by atoms with Crippen LogP contribution in [0.4, 0.5) is 0 Å². The number of esters is 3. The summed E-state index contributed by atoms with van der Waals surface area (Å²) in [7, 11) is 0. The molecule has 0 aliphatic heterocycles. The highest BCUT2D eigenvalue weighted by Crippen LogP contribution is 2.16. The average molecular weight is 1070 g/mol. The first-order valence-electron chi connectivity index (χ1n) is 32.7. The van der Waals surface area contributed by atoms with Crippen LogP contribution in [0.2, 0.25) is 0 Å². The van der Waals surface area contributed by atoms with Gasteiger partial charge in [0.15, 0.2) is 6.10 Å². The van der Waals surface area contributed by atoms with Crippen LogP contribution in [0.3, 0.4) is 0 Å². The van der Waals surface area contributed by atoms with Gasteiger partial charge < -0.3 is 14.2 Å². The van der Waals surface area contributed by atoms with E-state index in [4.69, 9.17) is 14.2 Å². The second kappa shape index (κ2) is 64.9. The Kier molecular flexibility index (Phi) is 61.8. The van der Waals surface area contributed by atoms with Crippen LogP contribution in [0.25, 0.3) is 0 Å². The number of rotatable bonds is 59. The van der Waals surface area contributed by atoms with E-state index >= 15 is 0 Å². The van der Waals surface area contributed by atoms with E-state index in [2.05, 4.69) is 118 Å². The number of carbonyl (C=O) groups is 3. The van der Waals surface area contributed by atoms with Crippen LogP contribution in [-0.2, 0) is 28.6 Å². The Morgan fingerprint density at radius 2 is 0.519 bits per heavy atom. The highest BCUT2D eigenvalue weighted by molar-refractivity contribution is 5.71. The van der Waals surface area contributed by atoms with E-state index in [0.29, 0.717) is 19.3 Å². The van der Waals surface area contributed by atoms with Gasteiger partial charge in [-0.1, -0.05) is 298 Å². The number of hydrogen-bond acceptors (Lipinski definition) is 6. The summed E-state index contributed by atoms with van der Waals surface area (Å²) in [6.07, 6.45) is 87.0. The Morgan fingerprint density at radius 1 is 0.273 bits per heavy atom. The van der Waals surface area contributed by atoms with E-state index < -0.39 is 6.10 Å². The lowest BCUT2D eigenvalue weighted by atomic mass is 10.0. The molecule has 0 aliphatic carbocycles. The van der Waals surface area contributed by atoms with Crippen molar-refractivity contribution in [3.8, 4) is 0 Å². The molecule has 0 amide bonds. The molecule has 0 saturated heterocycles. The molecule has 442 valence electrons. The molecule has 0 aromatic heterocycles. The van der Waals surface area contributed by atoms with Gasteiger partial charge in [-0.2, -0.15) is 0 Å². The normalized spacial score (nSPS) is 12.7. The molecule has 6 heteroatoms. The molecule has 1 unspecified atom stereocenters. The molecule has 0 aromatic rings. The fourth-order valence-electron chi connectivity index (χ4n) is 9.19. The van der Waals surface area contributed by atoms with Crippen molar-refractivity contribution >= 4 is 17.9 Å². The lowest BCUT2D eigenvalue weighted by Crippen LogP contribution is -2.30. The van der Waals surface area contributed by atoms with Crippen LogP contribution >= 0.6 is 0 Å². The van der Waals surface area contributed by atoms with Gasteiger partial charge in [0, 0.05) is 19.3 Å². The Bertz CT molecular complexity index is 1510. The zero-order valence-corrected chi connectivity index (χ0v) is 50.7. The molecule has 0 fully saturated rings. The lowest BCUT2D eigenvalue weighted by molar-refractivity contribution is -0.167. The van der Waals surface area contributed by atoms with Crippen molar-refractivity contribution in [3.63, 3.8) is 0 Å². The summed E-state index contributed by atoms with van der Waals surface area (Å²) in [4.78, 5) is 38.3. The first kappa shape index (κ1) is 73.3. The average Bonchev–Trinajstić information content (AvgIpc) is 3.43. The van der Waals surface area contributed by atoms with E-state index in [-0.39, 0.29) is 37.5 Å².